The molecule has 0 aliphatic carbocycles. The third-order valence-electron chi connectivity index (χ3n) is 2.23. The number of benzene rings is 1. The molecule has 100 valence electrons. The highest BCUT2D eigenvalue weighted by Gasteiger charge is 2.09. The third kappa shape index (κ3) is 3.90. The van der Waals surface area contributed by atoms with Crippen LogP contribution < -0.4 is 10.5 Å². The topological polar surface area (TPSA) is 61.0 Å². The van der Waals surface area contributed by atoms with Gasteiger partial charge in [-0.05, 0) is 50.9 Å². The van der Waals surface area contributed by atoms with Gasteiger partial charge in [-0.2, -0.15) is 0 Å². The Morgan fingerprint density at radius 2 is 1.74 bits per heavy atom. The minimum Gasteiger partial charge on any atom is -0.483 e. The van der Waals surface area contributed by atoms with Crippen molar-refractivity contribution in [3.8, 4) is 5.75 Å². The van der Waals surface area contributed by atoms with Gasteiger partial charge >= 0.3 is 0 Å². The van der Waals surface area contributed by atoms with Crippen LogP contribution in [0.3, 0.4) is 0 Å². The van der Waals surface area contributed by atoms with E-state index >= 15 is 0 Å². The number of halogens is 3. The molecule has 1 heterocycles. The second-order valence-electron chi connectivity index (χ2n) is 3.84. The zero-order valence-electron chi connectivity index (χ0n) is 9.95. The smallest absolute Gasteiger partial charge is 0.168 e. The van der Waals surface area contributed by atoms with Crippen molar-refractivity contribution in [2.24, 2.45) is 0 Å². The van der Waals surface area contributed by atoms with Crippen molar-refractivity contribution in [2.75, 3.05) is 5.73 Å². The van der Waals surface area contributed by atoms with Crippen molar-refractivity contribution in [1.29, 1.82) is 0 Å². The average Bonchev–Trinajstić information content (AvgIpc) is 2.25. The molecule has 0 radical (unpaired) electrons. The molecule has 0 atom stereocenters. The van der Waals surface area contributed by atoms with Crippen LogP contribution in [0.4, 0.5) is 5.82 Å². The number of nitrogen functional groups attached to an aromatic ring is 1. The molecule has 2 rings (SSSR count). The number of hydrogen-bond donors (Lipinski definition) is 1. The van der Waals surface area contributed by atoms with Crippen LogP contribution in [0.5, 0.6) is 5.75 Å². The molecule has 0 amide bonds. The summed E-state index contributed by atoms with van der Waals surface area (Å²) >= 11 is 10.3. The van der Waals surface area contributed by atoms with Crippen molar-refractivity contribution in [2.45, 2.75) is 13.5 Å². The average molecular weight is 452 g/mol. The summed E-state index contributed by atoms with van der Waals surface area (Å²) in [6.07, 6.45) is 0. The van der Waals surface area contributed by atoms with Gasteiger partial charge in [0.25, 0.3) is 0 Å². The van der Waals surface area contributed by atoms with Crippen LogP contribution in [0, 0.1) is 6.92 Å². The molecule has 0 aliphatic heterocycles. The van der Waals surface area contributed by atoms with Crippen LogP contribution >= 0.6 is 47.8 Å². The summed E-state index contributed by atoms with van der Waals surface area (Å²) in [5, 5.41) is 0. The van der Waals surface area contributed by atoms with E-state index in [9.17, 15) is 0 Å². The summed E-state index contributed by atoms with van der Waals surface area (Å²) < 4.78 is 8.36. The molecule has 2 N–H and O–H groups in total. The highest BCUT2D eigenvalue weighted by atomic mass is 79.9. The summed E-state index contributed by atoms with van der Waals surface area (Å²) in [7, 11) is 0. The summed E-state index contributed by atoms with van der Waals surface area (Å²) in [6.45, 7) is 2.12. The monoisotopic (exact) mass is 449 g/mol. The quantitative estimate of drug-likeness (QED) is 0.758. The Balaban J connectivity index is 2.19. The van der Waals surface area contributed by atoms with E-state index in [-0.39, 0.29) is 6.61 Å². The van der Waals surface area contributed by atoms with Crippen LogP contribution in [0.1, 0.15) is 11.5 Å². The maximum atomic E-state index is 5.72. The zero-order valence-corrected chi connectivity index (χ0v) is 14.7. The van der Waals surface area contributed by atoms with Gasteiger partial charge in [0.15, 0.2) is 5.82 Å². The van der Waals surface area contributed by atoms with Gasteiger partial charge in [-0.15, -0.1) is 0 Å². The van der Waals surface area contributed by atoms with E-state index in [2.05, 4.69) is 57.8 Å². The van der Waals surface area contributed by atoms with Crippen LogP contribution in [-0.4, -0.2) is 9.97 Å². The Bertz CT molecular complexity index is 576. The Morgan fingerprint density at radius 1 is 1.11 bits per heavy atom. The predicted molar refractivity (Wildman–Crippen MR) is 85.1 cm³/mol. The first kappa shape index (κ1) is 14.7. The molecule has 2 aromatic rings. The number of nitrogens with two attached hydrogens (primary N) is 1. The predicted octanol–water partition coefficient (Wildman–Crippen LogP) is 4.23. The Kier molecular flexibility index (Phi) is 4.81. The van der Waals surface area contributed by atoms with E-state index in [0.717, 1.165) is 19.1 Å². The first-order valence-electron chi connectivity index (χ1n) is 5.33. The number of ether oxygens (including phenoxy) is 1. The van der Waals surface area contributed by atoms with Gasteiger partial charge in [0, 0.05) is 16.2 Å². The van der Waals surface area contributed by atoms with Crippen LogP contribution in [0.15, 0.2) is 31.6 Å². The van der Waals surface area contributed by atoms with Crippen LogP contribution in [-0.2, 0) is 6.61 Å². The molecule has 7 heteroatoms. The van der Waals surface area contributed by atoms with E-state index in [1.54, 1.807) is 6.07 Å². The lowest BCUT2D eigenvalue weighted by molar-refractivity contribution is 0.292. The molecular formula is C12H10Br3N3O. The fourth-order valence-electron chi connectivity index (χ4n) is 1.52. The third-order valence-corrected chi connectivity index (χ3v) is 3.86. The van der Waals surface area contributed by atoms with Crippen LogP contribution in [0.2, 0.25) is 0 Å². The normalized spacial score (nSPS) is 10.5. The summed E-state index contributed by atoms with van der Waals surface area (Å²) in [4.78, 5) is 8.40. The fourth-order valence-corrected chi connectivity index (χ4v) is 4.01. The molecule has 0 bridgehead atoms. The SMILES string of the molecule is Cc1cc(N)nc(COc2c(Br)cc(Br)cc2Br)n1. The van der Waals surface area contributed by atoms with Gasteiger partial charge in [-0.25, -0.2) is 9.97 Å². The number of rotatable bonds is 3. The Morgan fingerprint density at radius 3 is 2.32 bits per heavy atom. The van der Waals surface area contributed by atoms with Crippen molar-refractivity contribution in [1.82, 2.24) is 9.97 Å². The van der Waals surface area contributed by atoms with Gasteiger partial charge in [0.2, 0.25) is 0 Å². The first-order valence-corrected chi connectivity index (χ1v) is 7.71. The number of aryl methyl sites for hydroxylation is 1. The number of nitrogens with zero attached hydrogens (tertiary/aromatic N) is 2. The first-order chi connectivity index (χ1) is 8.95. The lowest BCUT2D eigenvalue weighted by atomic mass is 10.3. The molecule has 1 aromatic carbocycles. The zero-order chi connectivity index (χ0) is 14.0. The molecule has 0 saturated heterocycles. The van der Waals surface area contributed by atoms with Crippen molar-refractivity contribution in [3.05, 3.63) is 43.1 Å². The minimum absolute atomic E-state index is 0.255. The molecular weight excluding hydrogens is 442 g/mol. The van der Waals surface area contributed by atoms with E-state index in [4.69, 9.17) is 10.5 Å². The van der Waals surface area contributed by atoms with Gasteiger partial charge in [-0.3, -0.25) is 0 Å². The molecule has 4 nitrogen and oxygen atoms in total. The highest BCUT2D eigenvalue weighted by molar-refractivity contribution is 9.11. The van der Waals surface area contributed by atoms with Crippen molar-refractivity contribution >= 4 is 53.6 Å². The molecule has 0 aliphatic rings. The maximum Gasteiger partial charge on any atom is 0.168 e. The molecule has 0 saturated carbocycles. The van der Waals surface area contributed by atoms with Gasteiger partial charge in [0.05, 0.1) is 8.95 Å². The summed E-state index contributed by atoms with van der Waals surface area (Å²) in [5.41, 5.74) is 6.50. The second kappa shape index (κ2) is 6.19. The largest absolute Gasteiger partial charge is 0.483 e. The van der Waals surface area contributed by atoms with Gasteiger partial charge in [-0.1, -0.05) is 15.9 Å². The lowest BCUT2D eigenvalue weighted by Crippen LogP contribution is -2.05. The number of aromatic nitrogens is 2. The molecule has 1 aromatic heterocycles. The minimum atomic E-state index is 0.255. The molecule has 0 unspecified atom stereocenters. The van der Waals surface area contributed by atoms with Gasteiger partial charge < -0.3 is 10.5 Å². The number of hydrogen-bond acceptors (Lipinski definition) is 4. The van der Waals surface area contributed by atoms with Crippen molar-refractivity contribution in [3.63, 3.8) is 0 Å². The maximum absolute atomic E-state index is 5.72. The number of anilines is 1. The van der Waals surface area contributed by atoms with Gasteiger partial charge in [0.1, 0.15) is 18.2 Å². The molecule has 0 spiro atoms. The van der Waals surface area contributed by atoms with E-state index in [1.165, 1.54) is 0 Å². The summed E-state index contributed by atoms with van der Waals surface area (Å²) in [6, 6.07) is 5.53. The fraction of sp³-hybridized carbons (Fsp3) is 0.167. The van der Waals surface area contributed by atoms with Crippen LogP contribution in [0.25, 0.3) is 0 Å². The van der Waals surface area contributed by atoms with Crippen molar-refractivity contribution < 1.29 is 4.74 Å². The summed E-state index contributed by atoms with van der Waals surface area (Å²) in [5.74, 6) is 1.70. The molecule has 19 heavy (non-hydrogen) atoms. The molecule has 0 fully saturated rings. The van der Waals surface area contributed by atoms with E-state index in [1.807, 2.05) is 19.1 Å². The van der Waals surface area contributed by atoms with E-state index < -0.39 is 0 Å². The Hall–Kier alpha value is -0.660. The standard InChI is InChI=1S/C12H10Br3N3O/c1-6-2-10(16)18-11(17-6)5-19-12-8(14)3-7(13)4-9(12)15/h2-4H,5H2,1H3,(H2,16,17,18). The van der Waals surface area contributed by atoms with E-state index in [0.29, 0.717) is 17.4 Å². The lowest BCUT2D eigenvalue weighted by Gasteiger charge is -2.10. The highest BCUT2D eigenvalue weighted by Crippen LogP contribution is 2.36. The second-order valence-corrected chi connectivity index (χ2v) is 6.46. The Labute approximate surface area is 136 Å².